The zero-order valence-electron chi connectivity index (χ0n) is 9.54. The highest BCUT2D eigenvalue weighted by Gasteiger charge is 2.06. The first-order chi connectivity index (χ1) is 8.79. The average Bonchev–Trinajstić information content (AvgIpc) is 2.41. The van der Waals surface area contributed by atoms with E-state index >= 15 is 0 Å². The Morgan fingerprint density at radius 2 is 2.17 bits per heavy atom. The van der Waals surface area contributed by atoms with Gasteiger partial charge in [0.05, 0.1) is 11.8 Å². The van der Waals surface area contributed by atoms with Gasteiger partial charge in [-0.1, -0.05) is 4.85 Å². The lowest BCUT2D eigenvalue weighted by Crippen LogP contribution is -1.91. The number of pyridine rings is 2. The number of nitrogens with zero attached hydrogens (tertiary/aromatic N) is 4. The zero-order chi connectivity index (χ0) is 12.8. The molecule has 5 heteroatoms. The number of hydrogen-bond donors (Lipinski definition) is 1. The van der Waals surface area contributed by atoms with Crippen LogP contribution in [-0.4, -0.2) is 9.97 Å². The summed E-state index contributed by atoms with van der Waals surface area (Å²) < 4.78 is 0. The Bertz CT molecular complexity index is 644. The monoisotopic (exact) mass is 236 g/mol. The molecule has 2 aromatic rings. The minimum atomic E-state index is 0.314. The second-order valence-electron chi connectivity index (χ2n) is 3.51. The summed E-state index contributed by atoms with van der Waals surface area (Å²) in [6.07, 6.45) is 3.22. The first kappa shape index (κ1) is 11.6. The lowest BCUT2D eigenvalue weighted by atomic mass is 10.2. The molecule has 2 N–H and O–H groups in total. The number of rotatable bonds is 1. The Morgan fingerprint density at radius 3 is 2.89 bits per heavy atom. The summed E-state index contributed by atoms with van der Waals surface area (Å²) in [6.45, 7) is 0.314. The molecule has 2 rings (SSSR count). The summed E-state index contributed by atoms with van der Waals surface area (Å²) in [4.78, 5) is 12.1. The number of nitrogens with two attached hydrogens (primary N) is 1. The third-order valence-corrected chi connectivity index (χ3v) is 2.23. The Morgan fingerprint density at radius 1 is 1.28 bits per heavy atom. The second-order valence-corrected chi connectivity index (χ2v) is 3.51. The Hall–Kier alpha value is -2.92. The Kier molecular flexibility index (Phi) is 3.48. The van der Waals surface area contributed by atoms with Gasteiger partial charge in [0.1, 0.15) is 23.1 Å². The smallest absolute Gasteiger partial charge is 0.313 e. The molecule has 0 spiro atoms. The second kappa shape index (κ2) is 5.42. The minimum absolute atomic E-state index is 0.314. The summed E-state index contributed by atoms with van der Waals surface area (Å²) in [5.41, 5.74) is 7.37. The number of hydrogen-bond acceptors (Lipinski definition) is 4. The van der Waals surface area contributed by atoms with Crippen molar-refractivity contribution in [1.82, 2.24) is 9.97 Å². The first-order valence-corrected chi connectivity index (χ1v) is 5.27. The fraction of sp³-hybridized carbons (Fsp3) is 0.0769. The number of nitriles is 1. The van der Waals surface area contributed by atoms with Crippen molar-refractivity contribution in [2.24, 2.45) is 0 Å². The fourth-order valence-corrected chi connectivity index (χ4v) is 1.34. The van der Waals surface area contributed by atoms with E-state index in [1.807, 2.05) is 0 Å². The molecule has 0 aliphatic heterocycles. The van der Waals surface area contributed by atoms with E-state index in [1.165, 1.54) is 0 Å². The van der Waals surface area contributed by atoms with Crippen LogP contribution in [0.25, 0.3) is 4.85 Å². The highest BCUT2D eigenvalue weighted by Crippen LogP contribution is 2.05. The van der Waals surface area contributed by atoms with Gasteiger partial charge in [-0.3, -0.25) is 4.98 Å². The topological polar surface area (TPSA) is 80.0 Å². The van der Waals surface area contributed by atoms with Gasteiger partial charge in [-0.05, 0) is 24.3 Å². The normalized spacial score (nSPS) is 9.06. The van der Waals surface area contributed by atoms with Crippen LogP contribution in [0.1, 0.15) is 16.8 Å². The van der Waals surface area contributed by atoms with Crippen molar-refractivity contribution in [3.05, 3.63) is 58.3 Å². The van der Waals surface area contributed by atoms with Crippen molar-refractivity contribution in [3.63, 3.8) is 0 Å². The molecular formula is C13H10N5+. The Balaban J connectivity index is 2.13. The zero-order valence-corrected chi connectivity index (χ0v) is 9.54. The van der Waals surface area contributed by atoms with Crippen molar-refractivity contribution in [2.75, 3.05) is 5.73 Å². The number of nitrogen functional groups attached to an aromatic ring is 1. The van der Waals surface area contributed by atoms with E-state index in [1.54, 1.807) is 36.7 Å². The number of aromatic nitrogens is 2. The maximum Gasteiger partial charge on any atom is 0.313 e. The molecule has 0 amide bonds. The van der Waals surface area contributed by atoms with Crippen molar-refractivity contribution in [3.8, 4) is 12.1 Å². The molecular weight excluding hydrogens is 226 g/mol. The molecule has 0 atom stereocenters. The Labute approximate surface area is 104 Å². The molecule has 0 aliphatic rings. The van der Waals surface area contributed by atoms with Gasteiger partial charge in [-0.15, -0.1) is 0 Å². The first-order valence-electron chi connectivity index (χ1n) is 5.27. The van der Waals surface area contributed by atoms with Crippen LogP contribution in [0.3, 0.4) is 0 Å². The molecule has 0 aliphatic carbocycles. The summed E-state index contributed by atoms with van der Waals surface area (Å²) in [5, 5.41) is 8.89. The maximum absolute atomic E-state index is 8.89. The molecule has 2 aromatic heterocycles. The van der Waals surface area contributed by atoms with Crippen LogP contribution in [-0.2, 0) is 6.54 Å². The summed E-state index contributed by atoms with van der Waals surface area (Å²) in [6, 6.07) is 11.8. The molecule has 0 unspecified atom stereocenters. The van der Waals surface area contributed by atoms with Crippen LogP contribution in [0, 0.1) is 17.4 Å². The van der Waals surface area contributed by atoms with Crippen LogP contribution in [0.15, 0.2) is 36.7 Å². The summed E-state index contributed by atoms with van der Waals surface area (Å²) in [5.74, 6) is 0.456. The molecule has 0 radical (unpaired) electrons. The quantitative estimate of drug-likeness (QED) is 0.818. The van der Waals surface area contributed by atoms with Crippen LogP contribution in [0.4, 0.5) is 5.82 Å². The predicted molar refractivity (Wildman–Crippen MR) is 67.7 cm³/mol. The van der Waals surface area contributed by atoms with Crippen molar-refractivity contribution >= 4 is 5.82 Å². The molecule has 18 heavy (non-hydrogen) atoms. The maximum atomic E-state index is 8.89. The molecule has 0 saturated heterocycles. The van der Waals surface area contributed by atoms with E-state index in [-0.39, 0.29) is 0 Å². The van der Waals surface area contributed by atoms with Gasteiger partial charge in [0.2, 0.25) is 0 Å². The highest BCUT2D eigenvalue weighted by atomic mass is 14.8. The highest BCUT2D eigenvalue weighted by molar-refractivity contribution is 5.37. The number of anilines is 1. The van der Waals surface area contributed by atoms with Gasteiger partial charge in [0.15, 0.2) is 0 Å². The van der Waals surface area contributed by atoms with Gasteiger partial charge in [-0.2, -0.15) is 5.26 Å². The van der Waals surface area contributed by atoms with E-state index in [0.717, 1.165) is 5.56 Å². The van der Waals surface area contributed by atoms with Crippen molar-refractivity contribution < 1.29 is 0 Å². The largest absolute Gasteiger partial charge is 0.384 e. The van der Waals surface area contributed by atoms with Gasteiger partial charge in [0.25, 0.3) is 0 Å². The summed E-state index contributed by atoms with van der Waals surface area (Å²) >= 11 is 0. The van der Waals surface area contributed by atoms with Crippen molar-refractivity contribution in [1.29, 1.82) is 5.26 Å². The predicted octanol–water partition coefficient (Wildman–Crippen LogP) is 1.81. The van der Waals surface area contributed by atoms with Gasteiger partial charge in [0, 0.05) is 6.20 Å². The van der Waals surface area contributed by atoms with E-state index in [9.17, 15) is 0 Å². The van der Waals surface area contributed by atoms with E-state index in [4.69, 9.17) is 11.0 Å². The molecule has 2 heterocycles. The average molecular weight is 236 g/mol. The van der Waals surface area contributed by atoms with E-state index < -0.39 is 0 Å². The van der Waals surface area contributed by atoms with Crippen LogP contribution in [0.5, 0.6) is 0 Å². The third kappa shape index (κ3) is 2.81. The third-order valence-electron chi connectivity index (χ3n) is 2.23. The van der Waals surface area contributed by atoms with E-state index in [2.05, 4.69) is 27.0 Å². The molecule has 0 bridgehead atoms. The molecule has 0 fully saturated rings. The molecule has 86 valence electrons. The van der Waals surface area contributed by atoms with Crippen LogP contribution in [0.2, 0.25) is 0 Å². The lowest BCUT2D eigenvalue weighted by Gasteiger charge is -1.90. The standard InChI is InChI=1S/C13H9N5/c14-6-11-2-1-5-17-12(11)9-16-7-10-3-4-13(15)18-8-10/h1-5,8,15H,9H2/p+1. The minimum Gasteiger partial charge on any atom is -0.384 e. The molecule has 5 nitrogen and oxygen atoms in total. The van der Waals surface area contributed by atoms with Crippen LogP contribution >= 0.6 is 0 Å². The van der Waals surface area contributed by atoms with Crippen LogP contribution < -0.4 is 5.73 Å². The van der Waals surface area contributed by atoms with Crippen molar-refractivity contribution in [2.45, 2.75) is 6.54 Å². The summed E-state index contributed by atoms with van der Waals surface area (Å²) in [7, 11) is 0. The molecule has 0 saturated carbocycles. The molecule has 0 aromatic carbocycles. The van der Waals surface area contributed by atoms with E-state index in [0.29, 0.717) is 23.6 Å². The van der Waals surface area contributed by atoms with Gasteiger partial charge >= 0.3 is 12.6 Å². The van der Waals surface area contributed by atoms with Gasteiger partial charge in [-0.25, -0.2) is 4.98 Å². The van der Waals surface area contributed by atoms with Gasteiger partial charge < -0.3 is 5.73 Å². The lowest BCUT2D eigenvalue weighted by molar-refractivity contribution is 1.09. The fourth-order valence-electron chi connectivity index (χ4n) is 1.34. The SMILES string of the molecule is N#Cc1cccnc1C[N+]#Cc1ccc(N)nc1.